The summed E-state index contributed by atoms with van der Waals surface area (Å²) in [5, 5.41) is 0. The second-order valence-corrected chi connectivity index (χ2v) is 9.87. The number of fused-ring (bicyclic) bond motifs is 1. The third kappa shape index (κ3) is 6.68. The lowest BCUT2D eigenvalue weighted by Gasteiger charge is -2.17. The largest absolute Gasteiger partial charge is 0.497 e. The van der Waals surface area contributed by atoms with Crippen molar-refractivity contribution in [1.29, 1.82) is 0 Å². The molecule has 2 aromatic carbocycles. The number of methoxy groups -OCH3 is 1. The molecule has 2 aromatic rings. The van der Waals surface area contributed by atoms with Gasteiger partial charge < -0.3 is 28.4 Å². The molecule has 5 atom stereocenters. The fraction of sp³-hybridized carbons (Fsp3) is 0.444. The van der Waals surface area contributed by atoms with E-state index in [1.54, 1.807) is 43.5 Å². The molecule has 0 N–H and O–H groups in total. The Morgan fingerprint density at radius 3 is 1.81 bits per heavy atom. The summed E-state index contributed by atoms with van der Waals surface area (Å²) < 4.78 is 33.2. The molecule has 10 heteroatoms. The molecular weight excluding hydrogens is 548 g/mol. The molecule has 4 rings (SSSR count). The maximum Gasteiger partial charge on any atom is 0.338 e. The average Bonchev–Trinajstić information content (AvgIpc) is 3.50. The summed E-state index contributed by atoms with van der Waals surface area (Å²) in [6.45, 7) is 2.31. The summed E-state index contributed by atoms with van der Waals surface area (Å²) in [6, 6.07) is 12.7. The van der Waals surface area contributed by atoms with Crippen LogP contribution in [0.2, 0.25) is 0 Å². The monoisotopic (exact) mass is 576 g/mol. The van der Waals surface area contributed by atoms with Gasteiger partial charge in [-0.25, -0.2) is 9.59 Å². The predicted octanol–water partition coefficient (Wildman–Crippen LogP) is 4.10. The average molecular weight is 577 g/mol. The van der Waals surface area contributed by atoms with Crippen molar-refractivity contribution in [2.45, 2.75) is 55.4 Å². The second kappa shape index (κ2) is 12.5. The Kier molecular flexibility index (Phi) is 9.18. The van der Waals surface area contributed by atoms with E-state index < -0.39 is 36.4 Å². The third-order valence-corrected chi connectivity index (χ3v) is 7.01. The fourth-order valence-corrected chi connectivity index (χ4v) is 4.53. The first-order chi connectivity index (χ1) is 17.9. The summed E-state index contributed by atoms with van der Waals surface area (Å²) in [4.78, 5) is 37.0. The van der Waals surface area contributed by atoms with E-state index in [9.17, 15) is 14.4 Å². The summed E-state index contributed by atoms with van der Waals surface area (Å²) in [5.74, 6) is -0.463. The lowest BCUT2D eigenvalue weighted by molar-refractivity contribution is -0.133. The van der Waals surface area contributed by atoms with Crippen LogP contribution in [0.5, 0.6) is 11.5 Å². The molecule has 0 aromatic heterocycles. The van der Waals surface area contributed by atoms with E-state index in [1.807, 2.05) is 0 Å². The van der Waals surface area contributed by atoms with Gasteiger partial charge in [-0.15, -0.1) is 0 Å². The zero-order valence-electron chi connectivity index (χ0n) is 20.6. The number of hydrogen-bond donors (Lipinski definition) is 0. The molecule has 0 amide bonds. The molecule has 0 aliphatic carbocycles. The van der Waals surface area contributed by atoms with Crippen LogP contribution in [0.4, 0.5) is 0 Å². The van der Waals surface area contributed by atoms with Crippen molar-refractivity contribution in [2.75, 3.05) is 20.3 Å². The number of ether oxygens (including phenoxy) is 6. The quantitative estimate of drug-likeness (QED) is 0.234. The van der Waals surface area contributed by atoms with Crippen LogP contribution in [-0.2, 0) is 23.7 Å². The molecule has 1 unspecified atom stereocenters. The van der Waals surface area contributed by atoms with E-state index in [0.717, 1.165) is 12.8 Å². The first kappa shape index (κ1) is 27.1. The number of alkyl halides is 1. The Balaban J connectivity index is 1.28. The molecule has 0 saturated carbocycles. The highest BCUT2D eigenvalue weighted by Crippen LogP contribution is 2.31. The van der Waals surface area contributed by atoms with Gasteiger partial charge in [0.25, 0.3) is 0 Å². The molecular formula is C27H29BrO9. The Hall–Kier alpha value is -2.95. The molecule has 0 radical (unpaired) electrons. The second-order valence-electron chi connectivity index (χ2n) is 8.77. The van der Waals surface area contributed by atoms with Gasteiger partial charge >= 0.3 is 17.9 Å². The lowest BCUT2D eigenvalue weighted by Crippen LogP contribution is -2.36. The normalized spacial score (nSPS) is 23.1. The summed E-state index contributed by atoms with van der Waals surface area (Å²) in [6.07, 6.45) is 0.247. The zero-order valence-corrected chi connectivity index (χ0v) is 22.2. The number of benzene rings is 2. The molecule has 9 nitrogen and oxygen atoms in total. The van der Waals surface area contributed by atoms with Crippen LogP contribution >= 0.6 is 15.9 Å². The van der Waals surface area contributed by atoms with Crippen LogP contribution < -0.4 is 9.47 Å². The molecule has 37 heavy (non-hydrogen) atoms. The maximum atomic E-state index is 12.7. The van der Waals surface area contributed by atoms with Crippen LogP contribution in [0.1, 0.15) is 46.9 Å². The van der Waals surface area contributed by atoms with Crippen LogP contribution in [0.25, 0.3) is 0 Å². The van der Waals surface area contributed by atoms with Crippen molar-refractivity contribution < 1.29 is 42.8 Å². The van der Waals surface area contributed by atoms with Gasteiger partial charge in [0.05, 0.1) is 31.5 Å². The van der Waals surface area contributed by atoms with Gasteiger partial charge in [0.15, 0.2) is 12.2 Å². The van der Waals surface area contributed by atoms with Gasteiger partial charge in [0.1, 0.15) is 28.5 Å². The van der Waals surface area contributed by atoms with E-state index in [0.29, 0.717) is 29.0 Å². The summed E-state index contributed by atoms with van der Waals surface area (Å²) >= 11 is 3.34. The Labute approximate surface area is 223 Å². The zero-order chi connectivity index (χ0) is 26.4. The third-order valence-electron chi connectivity index (χ3n) is 6.18. The van der Waals surface area contributed by atoms with Crippen LogP contribution in [0.3, 0.4) is 0 Å². The smallest absolute Gasteiger partial charge is 0.338 e. The SMILES string of the molecule is CCCCC(Br)C(=O)Oc1ccc(C(=O)O[C@@H]2CO[C@H]3[C@@H]2OC[C@H]3OC(=O)c2ccc(OC)cc2)cc1. The van der Waals surface area contributed by atoms with E-state index in [-0.39, 0.29) is 24.0 Å². The first-order valence-corrected chi connectivity index (χ1v) is 13.1. The van der Waals surface area contributed by atoms with Crippen molar-refractivity contribution in [2.24, 2.45) is 0 Å². The Morgan fingerprint density at radius 2 is 1.35 bits per heavy atom. The minimum Gasteiger partial charge on any atom is -0.497 e. The fourth-order valence-electron chi connectivity index (χ4n) is 4.11. The molecule has 2 aliphatic rings. The molecule has 2 aliphatic heterocycles. The van der Waals surface area contributed by atoms with Crippen LogP contribution in [-0.4, -0.2) is 67.5 Å². The van der Waals surface area contributed by atoms with E-state index in [2.05, 4.69) is 22.9 Å². The standard InChI is InChI=1S/C27H29BrO9/c1-3-4-5-20(28)27(31)35-19-12-8-17(9-13-19)26(30)37-22-15-34-23-21(14-33-24(22)23)36-25(29)16-6-10-18(32-2)11-7-16/h6-13,20-24H,3-5,14-15H2,1-2H3/t20?,21-,22-,23-,24-/m1/s1. The number of rotatable bonds is 10. The highest BCUT2D eigenvalue weighted by Gasteiger charge is 2.51. The van der Waals surface area contributed by atoms with E-state index in [4.69, 9.17) is 28.4 Å². The van der Waals surface area contributed by atoms with Gasteiger partial charge in [-0.1, -0.05) is 35.7 Å². The summed E-state index contributed by atoms with van der Waals surface area (Å²) in [7, 11) is 1.55. The molecule has 2 fully saturated rings. The van der Waals surface area contributed by atoms with Crippen molar-refractivity contribution in [1.82, 2.24) is 0 Å². The van der Waals surface area contributed by atoms with Gasteiger partial charge in [0, 0.05) is 0 Å². The van der Waals surface area contributed by atoms with Gasteiger partial charge in [-0.3, -0.25) is 4.79 Å². The highest BCUT2D eigenvalue weighted by molar-refractivity contribution is 9.10. The topological polar surface area (TPSA) is 107 Å². The van der Waals surface area contributed by atoms with Crippen molar-refractivity contribution >= 4 is 33.8 Å². The first-order valence-electron chi connectivity index (χ1n) is 12.1. The molecule has 0 bridgehead atoms. The summed E-state index contributed by atoms with van der Waals surface area (Å²) in [5.41, 5.74) is 0.678. The minimum absolute atomic E-state index is 0.123. The lowest BCUT2D eigenvalue weighted by atomic mass is 10.1. The number of carbonyl (C=O) groups is 3. The van der Waals surface area contributed by atoms with Gasteiger partial charge in [0.2, 0.25) is 0 Å². The van der Waals surface area contributed by atoms with E-state index in [1.165, 1.54) is 12.1 Å². The van der Waals surface area contributed by atoms with Crippen LogP contribution in [0.15, 0.2) is 48.5 Å². The van der Waals surface area contributed by atoms with Crippen molar-refractivity contribution in [3.05, 3.63) is 59.7 Å². The Morgan fingerprint density at radius 1 is 0.865 bits per heavy atom. The number of carbonyl (C=O) groups excluding carboxylic acids is 3. The number of hydrogen-bond acceptors (Lipinski definition) is 9. The predicted molar refractivity (Wildman–Crippen MR) is 135 cm³/mol. The number of unbranched alkanes of at least 4 members (excludes halogenated alkanes) is 1. The van der Waals surface area contributed by atoms with Crippen molar-refractivity contribution in [3.63, 3.8) is 0 Å². The highest BCUT2D eigenvalue weighted by atomic mass is 79.9. The van der Waals surface area contributed by atoms with Crippen molar-refractivity contribution in [3.8, 4) is 11.5 Å². The Bertz CT molecular complexity index is 1090. The van der Waals surface area contributed by atoms with Gasteiger partial charge in [-0.05, 0) is 55.0 Å². The van der Waals surface area contributed by atoms with Gasteiger partial charge in [-0.2, -0.15) is 0 Å². The van der Waals surface area contributed by atoms with E-state index >= 15 is 0 Å². The molecule has 2 saturated heterocycles. The molecule has 2 heterocycles. The van der Waals surface area contributed by atoms with Crippen LogP contribution in [0, 0.1) is 0 Å². The minimum atomic E-state index is -0.646. The molecule has 0 spiro atoms. The number of halogens is 1. The number of esters is 3. The molecule has 198 valence electrons. The maximum absolute atomic E-state index is 12.7.